The van der Waals surface area contributed by atoms with Gasteiger partial charge in [0.1, 0.15) is 12.4 Å². The highest BCUT2D eigenvalue weighted by Gasteiger charge is 2.32. The molecule has 2 N–H and O–H groups in total. The van der Waals surface area contributed by atoms with Crippen molar-refractivity contribution in [3.8, 4) is 28.4 Å². The number of aliphatic hydroxyl groups is 2. The Morgan fingerprint density at radius 1 is 0.931 bits per heavy atom. The normalized spacial score (nSPS) is 14.2. The molecule has 3 aromatic rings. The number of carbonyl (C=O) groups is 1. The van der Waals surface area contributed by atoms with Crippen LogP contribution in [0.2, 0.25) is 0 Å². The molecule has 0 aromatic heterocycles. The quantitative estimate of drug-likeness (QED) is 0.657. The Labute approximate surface area is 166 Å². The van der Waals surface area contributed by atoms with Crippen molar-refractivity contribution in [2.75, 3.05) is 13.9 Å². The molecule has 3 aromatic carbocycles. The van der Waals surface area contributed by atoms with Crippen LogP contribution in [0.15, 0.2) is 30.3 Å². The molecule has 0 saturated heterocycles. The summed E-state index contributed by atoms with van der Waals surface area (Å²) >= 11 is 0. The molecule has 0 atom stereocenters. The molecule has 148 valence electrons. The van der Waals surface area contributed by atoms with Crippen LogP contribution >= 0.6 is 0 Å². The average Bonchev–Trinajstić information content (AvgIpc) is 3.37. The van der Waals surface area contributed by atoms with Gasteiger partial charge in [-0.15, -0.1) is 0 Å². The summed E-state index contributed by atoms with van der Waals surface area (Å²) in [5, 5.41) is 21.0. The fraction of sp³-hybridized carbons (Fsp3) is 0.227. The fourth-order valence-corrected chi connectivity index (χ4v) is 4.10. The van der Waals surface area contributed by atoms with E-state index in [1.54, 1.807) is 18.2 Å². The van der Waals surface area contributed by atoms with E-state index in [9.17, 15) is 15.0 Å². The molecule has 29 heavy (non-hydrogen) atoms. The van der Waals surface area contributed by atoms with Crippen LogP contribution in [0.25, 0.3) is 21.9 Å². The number of fused-ring (bicyclic) bond motifs is 3. The molecular formula is C22H18O7. The van der Waals surface area contributed by atoms with Gasteiger partial charge in [-0.25, -0.2) is 4.79 Å². The van der Waals surface area contributed by atoms with Gasteiger partial charge in [0.05, 0.1) is 25.9 Å². The third kappa shape index (κ3) is 2.55. The number of carbonyl (C=O) groups excluding carboxylic acids is 1. The molecule has 0 saturated carbocycles. The van der Waals surface area contributed by atoms with Crippen molar-refractivity contribution >= 4 is 16.7 Å². The molecule has 7 nitrogen and oxygen atoms in total. The smallest absolute Gasteiger partial charge is 0.339 e. The minimum Gasteiger partial charge on any atom is -0.496 e. The topological polar surface area (TPSA) is 94.5 Å². The number of hydrogen-bond acceptors (Lipinski definition) is 7. The summed E-state index contributed by atoms with van der Waals surface area (Å²) in [7, 11) is 1.54. The average molecular weight is 394 g/mol. The lowest BCUT2D eigenvalue weighted by Gasteiger charge is -2.18. The Hall–Kier alpha value is -3.29. The molecule has 0 bridgehead atoms. The Morgan fingerprint density at radius 2 is 1.66 bits per heavy atom. The van der Waals surface area contributed by atoms with E-state index in [1.165, 1.54) is 7.11 Å². The van der Waals surface area contributed by atoms with E-state index in [1.807, 2.05) is 12.1 Å². The molecule has 2 aliphatic rings. The van der Waals surface area contributed by atoms with Crippen molar-refractivity contribution in [1.82, 2.24) is 0 Å². The fourth-order valence-electron chi connectivity index (χ4n) is 4.10. The molecule has 5 rings (SSSR count). The highest BCUT2D eigenvalue weighted by molar-refractivity contribution is 6.13. The summed E-state index contributed by atoms with van der Waals surface area (Å²) in [5.74, 6) is 1.35. The van der Waals surface area contributed by atoms with Crippen LogP contribution in [0, 0.1) is 0 Å². The van der Waals surface area contributed by atoms with Gasteiger partial charge in [0.2, 0.25) is 6.79 Å². The number of ether oxygens (including phenoxy) is 4. The maximum absolute atomic E-state index is 12.7. The van der Waals surface area contributed by atoms with Crippen molar-refractivity contribution in [3.63, 3.8) is 0 Å². The first-order chi connectivity index (χ1) is 14.2. The predicted molar refractivity (Wildman–Crippen MR) is 103 cm³/mol. The molecule has 2 aliphatic heterocycles. The Kier molecular flexibility index (Phi) is 4.08. The highest BCUT2D eigenvalue weighted by atomic mass is 16.7. The van der Waals surface area contributed by atoms with Crippen LogP contribution in [0.3, 0.4) is 0 Å². The molecule has 0 unspecified atom stereocenters. The standard InChI is InChI=1S/C22H18O7/c1-26-21-15-5-13(8-24)12(7-23)4-14(15)19(20-16(21)9-27-22(20)25)11-2-3-17-18(6-11)29-10-28-17/h2-6,23-24H,7-10H2,1H3. The van der Waals surface area contributed by atoms with Crippen LogP contribution < -0.4 is 14.2 Å². The Bertz CT molecular complexity index is 1170. The summed E-state index contributed by atoms with van der Waals surface area (Å²) in [6, 6.07) is 9.07. The molecule has 7 heteroatoms. The number of aliphatic hydroxyl groups excluding tert-OH is 2. The first-order valence-corrected chi connectivity index (χ1v) is 9.13. The van der Waals surface area contributed by atoms with E-state index in [-0.39, 0.29) is 26.6 Å². The van der Waals surface area contributed by atoms with Gasteiger partial charge in [-0.2, -0.15) is 0 Å². The monoisotopic (exact) mass is 394 g/mol. The third-order valence-corrected chi connectivity index (χ3v) is 5.44. The molecule has 0 radical (unpaired) electrons. The van der Waals surface area contributed by atoms with Gasteiger partial charge in [0.25, 0.3) is 0 Å². The van der Waals surface area contributed by atoms with Crippen LogP contribution in [0.4, 0.5) is 0 Å². The van der Waals surface area contributed by atoms with E-state index >= 15 is 0 Å². The van der Waals surface area contributed by atoms with Crippen LogP contribution in [-0.2, 0) is 24.6 Å². The van der Waals surface area contributed by atoms with Crippen molar-refractivity contribution < 1.29 is 34.0 Å². The molecule has 0 fully saturated rings. The Morgan fingerprint density at radius 3 is 2.38 bits per heavy atom. The van der Waals surface area contributed by atoms with Crippen molar-refractivity contribution in [3.05, 3.63) is 52.6 Å². The minimum atomic E-state index is -0.426. The summed E-state index contributed by atoms with van der Waals surface area (Å²) in [4.78, 5) is 12.7. The Balaban J connectivity index is 1.91. The lowest BCUT2D eigenvalue weighted by Crippen LogP contribution is -2.03. The zero-order valence-corrected chi connectivity index (χ0v) is 15.7. The van der Waals surface area contributed by atoms with E-state index in [0.717, 1.165) is 16.3 Å². The number of esters is 1. The number of benzene rings is 3. The van der Waals surface area contributed by atoms with E-state index in [0.29, 0.717) is 45.1 Å². The SMILES string of the molecule is COc1c2c(c(-c3ccc4c(c3)OCO4)c3cc(CO)c(CO)cc13)C(=O)OC2. The van der Waals surface area contributed by atoms with Gasteiger partial charge in [0, 0.05) is 16.5 Å². The predicted octanol–water partition coefficient (Wildman–Crippen LogP) is 2.90. The van der Waals surface area contributed by atoms with Gasteiger partial charge < -0.3 is 29.2 Å². The summed E-state index contributed by atoms with van der Waals surface area (Å²) in [6.45, 7) is -0.199. The van der Waals surface area contributed by atoms with Gasteiger partial charge in [-0.05, 0) is 46.3 Å². The van der Waals surface area contributed by atoms with E-state index in [4.69, 9.17) is 18.9 Å². The number of cyclic esters (lactones) is 1. The van der Waals surface area contributed by atoms with Crippen LogP contribution in [0.5, 0.6) is 17.2 Å². The number of methoxy groups -OCH3 is 1. The second kappa shape index (κ2) is 6.65. The first kappa shape index (κ1) is 17.8. The summed E-state index contributed by atoms with van der Waals surface area (Å²) in [6.07, 6.45) is 0. The molecule has 0 aliphatic carbocycles. The second-order valence-corrected chi connectivity index (χ2v) is 6.89. The van der Waals surface area contributed by atoms with E-state index in [2.05, 4.69) is 0 Å². The van der Waals surface area contributed by atoms with E-state index < -0.39 is 5.97 Å². The maximum atomic E-state index is 12.7. The van der Waals surface area contributed by atoms with Gasteiger partial charge in [-0.3, -0.25) is 0 Å². The summed E-state index contributed by atoms with van der Waals surface area (Å²) in [5.41, 5.74) is 3.72. The second-order valence-electron chi connectivity index (χ2n) is 6.89. The zero-order valence-electron chi connectivity index (χ0n) is 15.7. The zero-order chi connectivity index (χ0) is 20.1. The van der Waals surface area contributed by atoms with Gasteiger partial charge in [-0.1, -0.05) is 6.07 Å². The maximum Gasteiger partial charge on any atom is 0.339 e. The molecular weight excluding hydrogens is 376 g/mol. The van der Waals surface area contributed by atoms with Crippen LogP contribution in [0.1, 0.15) is 27.0 Å². The highest BCUT2D eigenvalue weighted by Crippen LogP contribution is 2.47. The molecule has 0 spiro atoms. The largest absolute Gasteiger partial charge is 0.496 e. The van der Waals surface area contributed by atoms with Gasteiger partial charge in [0.15, 0.2) is 11.5 Å². The molecule has 0 amide bonds. The van der Waals surface area contributed by atoms with Crippen molar-refractivity contribution in [2.24, 2.45) is 0 Å². The number of rotatable bonds is 4. The third-order valence-electron chi connectivity index (χ3n) is 5.44. The van der Waals surface area contributed by atoms with Crippen molar-refractivity contribution in [2.45, 2.75) is 19.8 Å². The minimum absolute atomic E-state index is 0.112. The number of hydrogen-bond donors (Lipinski definition) is 2. The lowest BCUT2D eigenvalue weighted by atomic mass is 9.87. The lowest BCUT2D eigenvalue weighted by molar-refractivity contribution is 0.0535. The van der Waals surface area contributed by atoms with Gasteiger partial charge >= 0.3 is 5.97 Å². The first-order valence-electron chi connectivity index (χ1n) is 9.13. The summed E-state index contributed by atoms with van der Waals surface area (Å²) < 4.78 is 21.9. The van der Waals surface area contributed by atoms with Crippen LogP contribution in [-0.4, -0.2) is 30.1 Å². The molecule has 2 heterocycles. The van der Waals surface area contributed by atoms with Crippen molar-refractivity contribution in [1.29, 1.82) is 0 Å².